The van der Waals surface area contributed by atoms with Gasteiger partial charge in [0.1, 0.15) is 9.39 Å². The number of H-pyrrole nitrogens is 1. The summed E-state index contributed by atoms with van der Waals surface area (Å²) in [6.45, 7) is 8.61. The summed E-state index contributed by atoms with van der Waals surface area (Å²) in [7, 11) is 0. The van der Waals surface area contributed by atoms with Gasteiger partial charge in [0, 0.05) is 13.1 Å². The zero-order valence-corrected chi connectivity index (χ0v) is 10.4. The zero-order chi connectivity index (χ0) is 11.3. The van der Waals surface area contributed by atoms with Crippen LogP contribution in [0.4, 0.5) is 5.82 Å². The second kappa shape index (κ2) is 5.69. The molecule has 0 aliphatic carbocycles. The minimum absolute atomic E-state index is 0.126. The molecule has 0 saturated heterocycles. The first kappa shape index (κ1) is 12.0. The Balaban J connectivity index is 3.09. The van der Waals surface area contributed by atoms with Gasteiger partial charge in [0.15, 0.2) is 0 Å². The van der Waals surface area contributed by atoms with E-state index in [1.165, 1.54) is 6.33 Å². The molecular weight excluding hydrogens is 305 g/mol. The number of hydrogen-bond donors (Lipinski definition) is 1. The number of hydrogen-bond acceptors (Lipinski definition) is 3. The Bertz CT molecular complexity index is 403. The third kappa shape index (κ3) is 2.92. The lowest BCUT2D eigenvalue weighted by Crippen LogP contribution is -2.28. The molecule has 80 valence electrons. The van der Waals surface area contributed by atoms with Crippen molar-refractivity contribution in [1.82, 2.24) is 9.97 Å². The lowest BCUT2D eigenvalue weighted by molar-refractivity contribution is 0.903. The molecule has 1 rings (SSSR count). The molecule has 0 atom stereocenters. The van der Waals surface area contributed by atoms with Crippen LogP contribution >= 0.6 is 22.6 Å². The van der Waals surface area contributed by atoms with Crippen LogP contribution in [0.15, 0.2) is 36.4 Å². The highest BCUT2D eigenvalue weighted by atomic mass is 127. The molecule has 0 bridgehead atoms. The van der Waals surface area contributed by atoms with Crippen molar-refractivity contribution in [3.63, 3.8) is 0 Å². The van der Waals surface area contributed by atoms with Crippen LogP contribution in [0, 0.1) is 3.57 Å². The molecule has 0 aliphatic heterocycles. The molecule has 5 heteroatoms. The Morgan fingerprint density at radius 2 is 2.07 bits per heavy atom. The summed E-state index contributed by atoms with van der Waals surface area (Å²) in [5, 5.41) is 0. The number of nitrogens with zero attached hydrogens (tertiary/aromatic N) is 2. The van der Waals surface area contributed by atoms with Crippen molar-refractivity contribution < 1.29 is 0 Å². The van der Waals surface area contributed by atoms with Crippen molar-refractivity contribution in [2.45, 2.75) is 0 Å². The fraction of sp³-hybridized carbons (Fsp3) is 0.200. The predicted molar refractivity (Wildman–Crippen MR) is 70.2 cm³/mol. The third-order valence-electron chi connectivity index (χ3n) is 1.78. The molecule has 1 aromatic heterocycles. The molecular formula is C10H12IN3O. The smallest absolute Gasteiger partial charge is 0.266 e. The highest BCUT2D eigenvalue weighted by Crippen LogP contribution is 2.14. The van der Waals surface area contributed by atoms with Gasteiger partial charge in [0.25, 0.3) is 5.56 Å². The van der Waals surface area contributed by atoms with Gasteiger partial charge in [-0.15, -0.1) is 13.2 Å². The fourth-order valence-corrected chi connectivity index (χ4v) is 1.79. The van der Waals surface area contributed by atoms with Crippen molar-refractivity contribution in [3.05, 3.63) is 45.6 Å². The summed E-state index contributed by atoms with van der Waals surface area (Å²) in [6.07, 6.45) is 4.93. The van der Waals surface area contributed by atoms with Crippen LogP contribution in [-0.4, -0.2) is 23.1 Å². The monoisotopic (exact) mass is 317 g/mol. The summed E-state index contributed by atoms with van der Waals surface area (Å²) >= 11 is 1.98. The number of halogens is 1. The van der Waals surface area contributed by atoms with Crippen LogP contribution in [0.5, 0.6) is 0 Å². The second-order valence-electron chi connectivity index (χ2n) is 2.85. The summed E-state index contributed by atoms with van der Waals surface area (Å²) in [5.74, 6) is 0.666. The van der Waals surface area contributed by atoms with E-state index in [1.54, 1.807) is 12.2 Å². The molecule has 15 heavy (non-hydrogen) atoms. The van der Waals surface area contributed by atoms with E-state index in [9.17, 15) is 4.79 Å². The van der Waals surface area contributed by atoms with E-state index in [0.29, 0.717) is 22.5 Å². The minimum atomic E-state index is -0.126. The first-order valence-electron chi connectivity index (χ1n) is 4.40. The van der Waals surface area contributed by atoms with E-state index in [2.05, 4.69) is 23.1 Å². The average molecular weight is 317 g/mol. The van der Waals surface area contributed by atoms with Crippen LogP contribution in [-0.2, 0) is 0 Å². The lowest BCUT2D eigenvalue weighted by Gasteiger charge is -2.20. The van der Waals surface area contributed by atoms with E-state index in [-0.39, 0.29) is 5.56 Å². The molecule has 0 unspecified atom stereocenters. The number of rotatable bonds is 5. The molecule has 0 fully saturated rings. The summed E-state index contributed by atoms with van der Waals surface area (Å²) < 4.78 is 0.582. The first-order chi connectivity index (χ1) is 7.20. The van der Waals surface area contributed by atoms with Crippen LogP contribution < -0.4 is 10.5 Å². The van der Waals surface area contributed by atoms with Gasteiger partial charge in [-0.3, -0.25) is 4.79 Å². The van der Waals surface area contributed by atoms with Crippen LogP contribution in [0.25, 0.3) is 0 Å². The van der Waals surface area contributed by atoms with E-state index >= 15 is 0 Å². The van der Waals surface area contributed by atoms with Gasteiger partial charge in [-0.1, -0.05) is 12.2 Å². The minimum Gasteiger partial charge on any atom is -0.348 e. The molecule has 0 aromatic carbocycles. The molecule has 1 aromatic rings. The fourth-order valence-electron chi connectivity index (χ4n) is 1.15. The maximum absolute atomic E-state index is 11.4. The Morgan fingerprint density at radius 1 is 1.47 bits per heavy atom. The van der Waals surface area contributed by atoms with E-state index in [0.717, 1.165) is 0 Å². The van der Waals surface area contributed by atoms with E-state index in [1.807, 2.05) is 27.5 Å². The normalized spacial score (nSPS) is 9.67. The van der Waals surface area contributed by atoms with Crippen LogP contribution in [0.1, 0.15) is 0 Å². The Hall–Kier alpha value is -1.11. The highest BCUT2D eigenvalue weighted by Gasteiger charge is 2.11. The van der Waals surface area contributed by atoms with Crippen molar-refractivity contribution >= 4 is 28.4 Å². The van der Waals surface area contributed by atoms with E-state index in [4.69, 9.17) is 0 Å². The zero-order valence-electron chi connectivity index (χ0n) is 8.24. The standard InChI is InChI=1S/C10H12IN3O/c1-3-5-14(6-4-2)9-8(11)10(15)13-7-12-9/h3-4,7H,1-2,5-6H2,(H,12,13,15). The van der Waals surface area contributed by atoms with Gasteiger partial charge in [-0.05, 0) is 22.6 Å². The number of nitrogens with one attached hydrogen (secondary N) is 1. The van der Waals surface area contributed by atoms with Gasteiger partial charge in [0.2, 0.25) is 0 Å². The summed E-state index contributed by atoms with van der Waals surface area (Å²) in [4.78, 5) is 20.0. The lowest BCUT2D eigenvalue weighted by atomic mass is 10.4. The second-order valence-corrected chi connectivity index (χ2v) is 3.93. The summed E-state index contributed by atoms with van der Waals surface area (Å²) in [5.41, 5.74) is -0.126. The van der Waals surface area contributed by atoms with Crippen LogP contribution in [0.3, 0.4) is 0 Å². The van der Waals surface area contributed by atoms with Gasteiger partial charge in [-0.2, -0.15) is 0 Å². The maximum Gasteiger partial charge on any atom is 0.266 e. The maximum atomic E-state index is 11.4. The van der Waals surface area contributed by atoms with Crippen molar-refractivity contribution in [2.24, 2.45) is 0 Å². The molecule has 0 aliphatic rings. The molecule has 0 radical (unpaired) electrons. The molecule has 1 heterocycles. The van der Waals surface area contributed by atoms with Crippen molar-refractivity contribution in [3.8, 4) is 0 Å². The largest absolute Gasteiger partial charge is 0.348 e. The topological polar surface area (TPSA) is 49.0 Å². The summed E-state index contributed by atoms with van der Waals surface area (Å²) in [6, 6.07) is 0. The molecule has 0 spiro atoms. The molecule has 0 saturated carbocycles. The Kier molecular flexibility index (Phi) is 4.54. The molecule has 1 N–H and O–H groups in total. The van der Waals surface area contributed by atoms with Crippen molar-refractivity contribution in [1.29, 1.82) is 0 Å². The van der Waals surface area contributed by atoms with Gasteiger partial charge < -0.3 is 9.88 Å². The number of aromatic amines is 1. The Labute approximate surface area is 102 Å². The SMILES string of the molecule is C=CCN(CC=C)c1nc[nH]c(=O)c1I. The van der Waals surface area contributed by atoms with Crippen molar-refractivity contribution in [2.75, 3.05) is 18.0 Å². The number of aromatic nitrogens is 2. The first-order valence-corrected chi connectivity index (χ1v) is 5.48. The van der Waals surface area contributed by atoms with Gasteiger partial charge >= 0.3 is 0 Å². The molecule has 4 nitrogen and oxygen atoms in total. The third-order valence-corrected chi connectivity index (χ3v) is 2.75. The van der Waals surface area contributed by atoms with Gasteiger partial charge in [-0.25, -0.2) is 4.98 Å². The van der Waals surface area contributed by atoms with Gasteiger partial charge in [0.05, 0.1) is 6.33 Å². The predicted octanol–water partition coefficient (Wildman–Crippen LogP) is 1.55. The quantitative estimate of drug-likeness (QED) is 0.662. The van der Waals surface area contributed by atoms with Crippen LogP contribution in [0.2, 0.25) is 0 Å². The number of anilines is 1. The van der Waals surface area contributed by atoms with E-state index < -0.39 is 0 Å². The average Bonchev–Trinajstić information content (AvgIpc) is 2.22. The highest BCUT2D eigenvalue weighted by molar-refractivity contribution is 14.1. The Morgan fingerprint density at radius 3 is 2.60 bits per heavy atom. The molecule has 0 amide bonds.